The second kappa shape index (κ2) is 13.1. The fraction of sp³-hybridized carbons (Fsp3) is 0.455. The number of nitrogens with zero attached hydrogens (tertiary/aromatic N) is 7. The predicted molar refractivity (Wildman–Crippen MR) is 175 cm³/mol. The maximum absolute atomic E-state index is 14.7. The van der Waals surface area contributed by atoms with E-state index in [4.69, 9.17) is 19.9 Å². The van der Waals surface area contributed by atoms with Crippen LogP contribution in [0.15, 0.2) is 43.1 Å². The number of piperidine rings is 1. The van der Waals surface area contributed by atoms with Gasteiger partial charge in [-0.15, -0.1) is 0 Å². The van der Waals surface area contributed by atoms with Crippen molar-refractivity contribution in [2.45, 2.75) is 78.2 Å². The number of hydrogen-bond acceptors (Lipinski definition) is 11. The number of aromatic nitrogens is 5. The summed E-state index contributed by atoms with van der Waals surface area (Å²) in [6, 6.07) is 6.61. The summed E-state index contributed by atoms with van der Waals surface area (Å²) < 4.78 is 32.6. The Balaban J connectivity index is 1.58. The van der Waals surface area contributed by atoms with Gasteiger partial charge in [0.2, 0.25) is 0 Å². The summed E-state index contributed by atoms with van der Waals surface area (Å²) in [5.41, 5.74) is 7.96. The van der Waals surface area contributed by atoms with Gasteiger partial charge in [-0.2, -0.15) is 4.90 Å². The molecule has 14 heteroatoms. The van der Waals surface area contributed by atoms with Crippen molar-refractivity contribution in [3.63, 3.8) is 0 Å². The highest BCUT2D eigenvalue weighted by atomic mass is 19.1. The number of anilines is 2. The zero-order valence-corrected chi connectivity index (χ0v) is 27.8. The number of methoxy groups -OCH3 is 1. The molecule has 2 N–H and O–H groups in total. The Bertz CT molecular complexity index is 1750. The number of imidazole rings is 1. The summed E-state index contributed by atoms with van der Waals surface area (Å²) in [6.07, 6.45) is 4.52. The normalized spacial score (nSPS) is 15.4. The molecule has 5 rings (SSSR count). The van der Waals surface area contributed by atoms with Crippen LogP contribution < -0.4 is 20.3 Å². The minimum Gasteiger partial charge on any atom is -0.494 e. The van der Waals surface area contributed by atoms with Gasteiger partial charge in [0.25, 0.3) is 0 Å². The molecule has 0 bridgehead atoms. The Morgan fingerprint density at radius 1 is 1.02 bits per heavy atom. The van der Waals surface area contributed by atoms with Crippen molar-refractivity contribution in [1.82, 2.24) is 24.5 Å². The van der Waals surface area contributed by atoms with E-state index in [9.17, 15) is 14.0 Å². The lowest BCUT2D eigenvalue weighted by molar-refractivity contribution is 0.0429. The summed E-state index contributed by atoms with van der Waals surface area (Å²) in [4.78, 5) is 47.6. The third-order valence-electron chi connectivity index (χ3n) is 7.30. The number of fused-ring (bicyclic) bond motifs is 1. The molecule has 250 valence electrons. The van der Waals surface area contributed by atoms with E-state index in [1.165, 1.54) is 19.5 Å². The topological polar surface area (TPSA) is 151 Å². The summed E-state index contributed by atoms with van der Waals surface area (Å²) in [5.74, 6) is -0.438. The highest BCUT2D eigenvalue weighted by molar-refractivity contribution is 6.12. The van der Waals surface area contributed by atoms with Crippen molar-refractivity contribution in [2.24, 2.45) is 5.73 Å². The number of ether oxygens (including phenoxy) is 3. The van der Waals surface area contributed by atoms with Crippen LogP contribution in [0.25, 0.3) is 22.4 Å². The van der Waals surface area contributed by atoms with Gasteiger partial charge >= 0.3 is 12.2 Å². The van der Waals surface area contributed by atoms with Crippen LogP contribution >= 0.6 is 0 Å². The number of imide groups is 1. The van der Waals surface area contributed by atoms with Gasteiger partial charge in [-0.05, 0) is 84.2 Å². The molecule has 3 aromatic heterocycles. The molecule has 0 spiro atoms. The van der Waals surface area contributed by atoms with Crippen molar-refractivity contribution in [3.05, 3.63) is 54.5 Å². The third-order valence-corrected chi connectivity index (χ3v) is 7.30. The van der Waals surface area contributed by atoms with Gasteiger partial charge in [-0.25, -0.2) is 28.9 Å². The molecule has 0 saturated carbocycles. The quantitative estimate of drug-likeness (QED) is 0.275. The SMILES string of the molecule is COc1ccc(-c2cc(Cn3cnc4c(N(C(=O)OC(C)(C)C)C(=O)OC(C)(C)C)ncnc43)c(N3CCC[C@@H](N)C3)cn2)cc1F. The lowest BCUT2D eigenvalue weighted by atomic mass is 10.0. The Labute approximate surface area is 272 Å². The summed E-state index contributed by atoms with van der Waals surface area (Å²) in [6.45, 7) is 11.9. The lowest BCUT2D eigenvalue weighted by Crippen LogP contribution is -2.44. The number of carbonyl (C=O) groups is 2. The molecule has 1 aromatic carbocycles. The molecular weight excluding hydrogens is 607 g/mol. The Morgan fingerprint density at radius 3 is 2.34 bits per heavy atom. The fourth-order valence-electron chi connectivity index (χ4n) is 5.31. The molecule has 13 nitrogen and oxygen atoms in total. The van der Waals surface area contributed by atoms with Crippen LogP contribution in [0.3, 0.4) is 0 Å². The molecule has 0 radical (unpaired) electrons. The average molecular weight is 649 g/mol. The first-order valence-corrected chi connectivity index (χ1v) is 15.4. The number of pyridine rings is 1. The van der Waals surface area contributed by atoms with Gasteiger partial charge in [0.05, 0.1) is 37.6 Å². The maximum atomic E-state index is 14.7. The van der Waals surface area contributed by atoms with Crippen LogP contribution in [0, 0.1) is 5.82 Å². The molecule has 1 fully saturated rings. The van der Waals surface area contributed by atoms with Crippen LogP contribution in [0.2, 0.25) is 0 Å². The first-order valence-electron chi connectivity index (χ1n) is 15.4. The van der Waals surface area contributed by atoms with Gasteiger partial charge < -0.3 is 29.4 Å². The first kappa shape index (κ1) is 33.5. The number of nitrogens with two attached hydrogens (primary N) is 1. The number of amides is 2. The van der Waals surface area contributed by atoms with Crippen molar-refractivity contribution in [2.75, 3.05) is 30.0 Å². The molecule has 1 aliphatic heterocycles. The highest BCUT2D eigenvalue weighted by Gasteiger charge is 2.35. The predicted octanol–water partition coefficient (Wildman–Crippen LogP) is 5.69. The Kier molecular flexibility index (Phi) is 9.34. The molecule has 4 heterocycles. The van der Waals surface area contributed by atoms with Crippen LogP contribution in [0.5, 0.6) is 5.75 Å². The second-order valence-corrected chi connectivity index (χ2v) is 13.4. The van der Waals surface area contributed by atoms with E-state index >= 15 is 0 Å². The molecule has 2 amide bonds. The van der Waals surface area contributed by atoms with E-state index in [0.29, 0.717) is 23.4 Å². The van der Waals surface area contributed by atoms with Crippen LogP contribution in [-0.4, -0.2) is 74.1 Å². The molecule has 0 aliphatic carbocycles. The number of benzene rings is 1. The maximum Gasteiger partial charge on any atom is 0.425 e. The smallest absolute Gasteiger partial charge is 0.425 e. The zero-order valence-electron chi connectivity index (χ0n) is 27.8. The largest absolute Gasteiger partial charge is 0.494 e. The average Bonchev–Trinajstić information content (AvgIpc) is 3.38. The van der Waals surface area contributed by atoms with Gasteiger partial charge in [-0.1, -0.05) is 0 Å². The number of halogens is 1. The molecular formula is C33H41FN8O5. The second-order valence-electron chi connectivity index (χ2n) is 13.4. The zero-order chi connectivity index (χ0) is 34.1. The molecule has 1 aliphatic rings. The van der Waals surface area contributed by atoms with Crippen LogP contribution in [-0.2, 0) is 16.0 Å². The molecule has 0 unspecified atom stereocenters. The van der Waals surface area contributed by atoms with E-state index in [1.54, 1.807) is 70.8 Å². The summed E-state index contributed by atoms with van der Waals surface area (Å²) in [5, 5.41) is 0. The minimum atomic E-state index is -0.962. The first-order chi connectivity index (χ1) is 22.1. The number of hydrogen-bond donors (Lipinski definition) is 1. The van der Waals surface area contributed by atoms with E-state index in [-0.39, 0.29) is 29.7 Å². The Hall–Kier alpha value is -4.85. The molecule has 1 saturated heterocycles. The molecule has 47 heavy (non-hydrogen) atoms. The highest BCUT2D eigenvalue weighted by Crippen LogP contribution is 2.32. The molecule has 4 aromatic rings. The minimum absolute atomic E-state index is 0.0167. The van der Waals surface area contributed by atoms with Crippen LogP contribution in [0.1, 0.15) is 59.9 Å². The molecule has 1 atom stereocenters. The lowest BCUT2D eigenvalue weighted by Gasteiger charge is -2.34. The van der Waals surface area contributed by atoms with Gasteiger partial charge in [0, 0.05) is 24.7 Å². The van der Waals surface area contributed by atoms with E-state index in [0.717, 1.165) is 35.5 Å². The fourth-order valence-corrected chi connectivity index (χ4v) is 5.31. The van der Waals surface area contributed by atoms with E-state index < -0.39 is 29.2 Å². The summed E-state index contributed by atoms with van der Waals surface area (Å²) in [7, 11) is 1.41. The van der Waals surface area contributed by atoms with Crippen molar-refractivity contribution in [3.8, 4) is 17.0 Å². The standard InChI is InChI=1S/C33H41FN8O5/c1-32(2,3)46-30(43)42(31(44)47-33(4,5)6)29-27-28(37-18-38-29)41(19-39-27)16-21-14-24(20-10-11-26(45-7)23(34)13-20)36-15-25(21)40-12-8-9-22(35)17-40/h10-11,13-15,18-19,22H,8-9,12,16-17,35H2,1-7H3/t22-/m1/s1. The third kappa shape index (κ3) is 7.76. The van der Waals surface area contributed by atoms with Crippen LogP contribution in [0.4, 0.5) is 25.5 Å². The van der Waals surface area contributed by atoms with Crippen molar-refractivity contribution in [1.29, 1.82) is 0 Å². The number of carbonyl (C=O) groups excluding carboxylic acids is 2. The van der Waals surface area contributed by atoms with E-state index in [1.807, 2.05) is 6.07 Å². The number of rotatable bonds is 6. The van der Waals surface area contributed by atoms with E-state index in [2.05, 4.69) is 24.8 Å². The monoisotopic (exact) mass is 648 g/mol. The van der Waals surface area contributed by atoms with Crippen molar-refractivity contribution < 1.29 is 28.2 Å². The van der Waals surface area contributed by atoms with Gasteiger partial charge in [0.1, 0.15) is 17.5 Å². The van der Waals surface area contributed by atoms with Gasteiger partial charge in [0.15, 0.2) is 28.5 Å². The Morgan fingerprint density at radius 2 is 1.72 bits per heavy atom. The van der Waals surface area contributed by atoms with Gasteiger partial charge in [-0.3, -0.25) is 4.98 Å². The summed E-state index contributed by atoms with van der Waals surface area (Å²) >= 11 is 0. The van der Waals surface area contributed by atoms with Crippen molar-refractivity contribution >= 4 is 34.9 Å².